The second-order valence-electron chi connectivity index (χ2n) is 2.88. The molecule has 1 atom stereocenters. The molecule has 1 unspecified atom stereocenters. The SMILES string of the molecule is NC(CC(=O)O)c1ccc(Br)c(F)c1. The first-order valence-electron chi connectivity index (χ1n) is 3.93. The van der Waals surface area contributed by atoms with E-state index in [9.17, 15) is 9.18 Å². The normalized spacial score (nSPS) is 12.5. The zero-order valence-electron chi connectivity index (χ0n) is 7.21. The van der Waals surface area contributed by atoms with Gasteiger partial charge < -0.3 is 10.8 Å². The molecule has 0 amide bonds. The minimum atomic E-state index is -0.999. The fourth-order valence-electron chi connectivity index (χ4n) is 1.05. The Hall–Kier alpha value is -0.940. The van der Waals surface area contributed by atoms with Gasteiger partial charge in [-0.05, 0) is 33.6 Å². The molecule has 5 heteroatoms. The Labute approximate surface area is 88.9 Å². The number of carboxylic acid groups (broad SMARTS) is 1. The Morgan fingerprint density at radius 3 is 2.79 bits per heavy atom. The van der Waals surface area contributed by atoms with Crippen molar-refractivity contribution >= 4 is 21.9 Å². The van der Waals surface area contributed by atoms with Gasteiger partial charge in [-0.3, -0.25) is 4.79 Å². The average Bonchev–Trinajstić information content (AvgIpc) is 2.08. The molecule has 76 valence electrons. The van der Waals surface area contributed by atoms with Crippen molar-refractivity contribution < 1.29 is 14.3 Å². The largest absolute Gasteiger partial charge is 0.481 e. The van der Waals surface area contributed by atoms with Crippen LogP contribution >= 0.6 is 15.9 Å². The van der Waals surface area contributed by atoms with Gasteiger partial charge in [-0.2, -0.15) is 0 Å². The number of nitrogens with two attached hydrogens (primary N) is 1. The predicted molar refractivity (Wildman–Crippen MR) is 53.3 cm³/mol. The van der Waals surface area contributed by atoms with Gasteiger partial charge in [0.1, 0.15) is 5.82 Å². The summed E-state index contributed by atoms with van der Waals surface area (Å²) in [7, 11) is 0. The second kappa shape index (κ2) is 4.52. The van der Waals surface area contributed by atoms with E-state index in [4.69, 9.17) is 10.8 Å². The highest BCUT2D eigenvalue weighted by Crippen LogP contribution is 2.21. The predicted octanol–water partition coefficient (Wildman–Crippen LogP) is 2.06. The van der Waals surface area contributed by atoms with E-state index < -0.39 is 17.8 Å². The summed E-state index contributed by atoms with van der Waals surface area (Å²) in [5.41, 5.74) is 6.03. The zero-order chi connectivity index (χ0) is 10.7. The third-order valence-corrected chi connectivity index (χ3v) is 2.41. The summed E-state index contributed by atoms with van der Waals surface area (Å²) in [5.74, 6) is -1.44. The Bertz CT molecular complexity index is 357. The van der Waals surface area contributed by atoms with Crippen LogP contribution in [-0.4, -0.2) is 11.1 Å². The minimum Gasteiger partial charge on any atom is -0.481 e. The van der Waals surface area contributed by atoms with Crippen LogP contribution in [0.5, 0.6) is 0 Å². The first-order valence-corrected chi connectivity index (χ1v) is 4.72. The fraction of sp³-hybridized carbons (Fsp3) is 0.222. The summed E-state index contributed by atoms with van der Waals surface area (Å²) in [6.07, 6.45) is -0.207. The smallest absolute Gasteiger partial charge is 0.305 e. The van der Waals surface area contributed by atoms with Crippen LogP contribution in [0.3, 0.4) is 0 Å². The van der Waals surface area contributed by atoms with E-state index in [-0.39, 0.29) is 6.42 Å². The van der Waals surface area contributed by atoms with Gasteiger partial charge in [0.05, 0.1) is 10.9 Å². The van der Waals surface area contributed by atoms with Crippen LogP contribution in [0.4, 0.5) is 4.39 Å². The molecule has 0 aliphatic carbocycles. The van der Waals surface area contributed by atoms with Gasteiger partial charge in [0.2, 0.25) is 0 Å². The lowest BCUT2D eigenvalue weighted by atomic mass is 10.1. The first-order chi connectivity index (χ1) is 6.50. The van der Waals surface area contributed by atoms with Crippen molar-refractivity contribution in [3.63, 3.8) is 0 Å². The lowest BCUT2D eigenvalue weighted by Gasteiger charge is -2.09. The fourth-order valence-corrected chi connectivity index (χ4v) is 1.30. The van der Waals surface area contributed by atoms with E-state index in [2.05, 4.69) is 15.9 Å². The average molecular weight is 262 g/mol. The maximum Gasteiger partial charge on any atom is 0.305 e. The van der Waals surface area contributed by atoms with E-state index in [1.165, 1.54) is 12.1 Å². The molecule has 3 N–H and O–H groups in total. The van der Waals surface area contributed by atoms with E-state index in [1.807, 2.05) is 0 Å². The molecule has 1 rings (SSSR count). The number of benzene rings is 1. The van der Waals surface area contributed by atoms with Crippen molar-refractivity contribution in [1.29, 1.82) is 0 Å². The summed E-state index contributed by atoms with van der Waals surface area (Å²) in [6.45, 7) is 0. The Kier molecular flexibility index (Phi) is 3.60. The molecule has 1 aromatic carbocycles. The van der Waals surface area contributed by atoms with Crippen molar-refractivity contribution in [2.24, 2.45) is 5.73 Å². The lowest BCUT2D eigenvalue weighted by molar-refractivity contribution is -0.137. The third-order valence-electron chi connectivity index (χ3n) is 1.77. The Morgan fingerprint density at radius 1 is 1.64 bits per heavy atom. The van der Waals surface area contributed by atoms with Crippen LogP contribution < -0.4 is 5.73 Å². The number of carbonyl (C=O) groups is 1. The van der Waals surface area contributed by atoms with E-state index in [0.29, 0.717) is 10.0 Å². The molecule has 1 aromatic rings. The quantitative estimate of drug-likeness (QED) is 0.876. The van der Waals surface area contributed by atoms with Crippen LogP contribution in [0.15, 0.2) is 22.7 Å². The molecular weight excluding hydrogens is 253 g/mol. The molecule has 0 fully saturated rings. The number of rotatable bonds is 3. The Balaban J connectivity index is 2.85. The van der Waals surface area contributed by atoms with E-state index in [0.717, 1.165) is 0 Å². The number of aliphatic carboxylic acids is 1. The molecule has 0 aliphatic heterocycles. The molecule has 0 spiro atoms. The molecule has 14 heavy (non-hydrogen) atoms. The van der Waals surface area contributed by atoms with E-state index >= 15 is 0 Å². The van der Waals surface area contributed by atoms with Gasteiger partial charge in [0.25, 0.3) is 0 Å². The number of hydrogen-bond acceptors (Lipinski definition) is 2. The molecule has 0 aromatic heterocycles. The Morgan fingerprint density at radius 2 is 2.29 bits per heavy atom. The van der Waals surface area contributed by atoms with Crippen LogP contribution in [0.25, 0.3) is 0 Å². The third kappa shape index (κ3) is 2.78. The first kappa shape index (κ1) is 11.1. The summed E-state index contributed by atoms with van der Waals surface area (Å²) < 4.78 is 13.4. The summed E-state index contributed by atoms with van der Waals surface area (Å²) in [6, 6.07) is 3.67. The van der Waals surface area contributed by atoms with Crippen molar-refractivity contribution in [3.8, 4) is 0 Å². The summed E-state index contributed by atoms with van der Waals surface area (Å²) >= 11 is 3.00. The van der Waals surface area contributed by atoms with Crippen molar-refractivity contribution in [2.75, 3.05) is 0 Å². The van der Waals surface area contributed by atoms with Crippen molar-refractivity contribution in [3.05, 3.63) is 34.1 Å². The molecule has 0 saturated heterocycles. The van der Waals surface area contributed by atoms with Crippen molar-refractivity contribution in [2.45, 2.75) is 12.5 Å². The maximum absolute atomic E-state index is 13.0. The highest BCUT2D eigenvalue weighted by Gasteiger charge is 2.11. The van der Waals surface area contributed by atoms with Gasteiger partial charge in [0, 0.05) is 6.04 Å². The monoisotopic (exact) mass is 261 g/mol. The van der Waals surface area contributed by atoms with Crippen LogP contribution in [-0.2, 0) is 4.79 Å². The highest BCUT2D eigenvalue weighted by molar-refractivity contribution is 9.10. The van der Waals surface area contributed by atoms with Gasteiger partial charge in [-0.25, -0.2) is 4.39 Å². The van der Waals surface area contributed by atoms with Gasteiger partial charge in [-0.15, -0.1) is 0 Å². The molecule has 0 radical (unpaired) electrons. The second-order valence-corrected chi connectivity index (χ2v) is 3.73. The molecule has 0 aliphatic rings. The molecule has 3 nitrogen and oxygen atoms in total. The molecule has 0 heterocycles. The number of hydrogen-bond donors (Lipinski definition) is 2. The summed E-state index contributed by atoms with van der Waals surface area (Å²) in [5, 5.41) is 8.49. The standard InChI is InChI=1S/C9H9BrFNO2/c10-6-2-1-5(3-7(6)11)8(12)4-9(13)14/h1-3,8H,4,12H2,(H,13,14). The molecule has 0 bridgehead atoms. The van der Waals surface area contributed by atoms with Crippen molar-refractivity contribution in [1.82, 2.24) is 0 Å². The van der Waals surface area contributed by atoms with Gasteiger partial charge in [0.15, 0.2) is 0 Å². The molecular formula is C9H9BrFNO2. The minimum absolute atomic E-state index is 0.207. The molecule has 0 saturated carbocycles. The van der Waals surface area contributed by atoms with E-state index in [1.54, 1.807) is 6.07 Å². The lowest BCUT2D eigenvalue weighted by Crippen LogP contribution is -2.15. The number of carboxylic acids is 1. The van der Waals surface area contributed by atoms with Gasteiger partial charge in [-0.1, -0.05) is 6.07 Å². The topological polar surface area (TPSA) is 63.3 Å². The van der Waals surface area contributed by atoms with Gasteiger partial charge >= 0.3 is 5.97 Å². The van der Waals surface area contributed by atoms with Crippen LogP contribution in [0.1, 0.15) is 18.0 Å². The summed E-state index contributed by atoms with van der Waals surface area (Å²) in [4.78, 5) is 10.4. The number of halogens is 2. The van der Waals surface area contributed by atoms with Crippen LogP contribution in [0, 0.1) is 5.82 Å². The zero-order valence-corrected chi connectivity index (χ0v) is 8.79. The maximum atomic E-state index is 13.0. The van der Waals surface area contributed by atoms with Crippen LogP contribution in [0.2, 0.25) is 0 Å². The highest BCUT2D eigenvalue weighted by atomic mass is 79.9.